The smallest absolute Gasteiger partial charge is 0.248 e. The molecule has 1 N–H and O–H groups in total. The predicted octanol–water partition coefficient (Wildman–Crippen LogP) is 5.14. The molecule has 2 unspecified atom stereocenters. The molecule has 6 heteroatoms. The summed E-state index contributed by atoms with van der Waals surface area (Å²) in [5, 5.41) is 3.15. The first kappa shape index (κ1) is 14.5. The molecule has 1 heterocycles. The van der Waals surface area contributed by atoms with Gasteiger partial charge in [0.2, 0.25) is 5.92 Å². The number of hydrogen-bond acceptors (Lipinski definition) is 2. The van der Waals surface area contributed by atoms with Gasteiger partial charge in [-0.15, -0.1) is 11.3 Å². The van der Waals surface area contributed by atoms with Crippen molar-refractivity contribution in [1.29, 1.82) is 0 Å². The summed E-state index contributed by atoms with van der Waals surface area (Å²) in [6.07, 6.45) is 1.26. The highest BCUT2D eigenvalue weighted by Gasteiger charge is 2.40. The summed E-state index contributed by atoms with van der Waals surface area (Å²) in [5.41, 5.74) is 0.921. The summed E-state index contributed by atoms with van der Waals surface area (Å²) >= 11 is 13.3. The molecule has 0 saturated heterocycles. The second kappa shape index (κ2) is 5.61. The number of alkyl halides is 2. The van der Waals surface area contributed by atoms with Crippen LogP contribution in [0.2, 0.25) is 8.67 Å². The van der Waals surface area contributed by atoms with Gasteiger partial charge >= 0.3 is 0 Å². The van der Waals surface area contributed by atoms with Crippen molar-refractivity contribution in [3.05, 3.63) is 20.3 Å². The molecule has 18 heavy (non-hydrogen) atoms. The quantitative estimate of drug-likeness (QED) is 0.811. The second-order valence-corrected chi connectivity index (χ2v) is 7.11. The molecule has 0 amide bonds. The highest BCUT2D eigenvalue weighted by molar-refractivity contribution is 7.20. The number of rotatable bonds is 4. The van der Waals surface area contributed by atoms with Crippen molar-refractivity contribution in [2.45, 2.75) is 37.6 Å². The van der Waals surface area contributed by atoms with Gasteiger partial charge < -0.3 is 5.32 Å². The Bertz CT molecular complexity index is 422. The first-order valence-electron chi connectivity index (χ1n) is 5.91. The fourth-order valence-electron chi connectivity index (χ4n) is 2.57. The minimum Gasteiger partial charge on any atom is -0.313 e. The molecule has 1 fully saturated rings. The molecule has 2 rings (SSSR count). The predicted molar refractivity (Wildman–Crippen MR) is 73.0 cm³/mol. The van der Waals surface area contributed by atoms with Crippen LogP contribution in [0.5, 0.6) is 0 Å². The second-order valence-electron chi connectivity index (χ2n) is 4.82. The highest BCUT2D eigenvalue weighted by atomic mass is 35.5. The molecule has 1 aromatic heterocycles. The molecule has 1 saturated carbocycles. The van der Waals surface area contributed by atoms with Crippen LogP contribution in [0.1, 0.15) is 37.3 Å². The van der Waals surface area contributed by atoms with Crippen LogP contribution in [0.3, 0.4) is 0 Å². The third-order valence-corrected chi connectivity index (χ3v) is 5.00. The van der Waals surface area contributed by atoms with Crippen molar-refractivity contribution in [1.82, 2.24) is 5.32 Å². The van der Waals surface area contributed by atoms with Gasteiger partial charge in [-0.25, -0.2) is 8.78 Å². The Labute approximate surface area is 119 Å². The topological polar surface area (TPSA) is 12.0 Å². The van der Waals surface area contributed by atoms with Gasteiger partial charge in [0.15, 0.2) is 0 Å². The minimum atomic E-state index is -2.49. The maximum atomic E-state index is 13.2. The lowest BCUT2D eigenvalue weighted by molar-refractivity contribution is 0.00434. The SMILES string of the molecule is CNC(CC1CCC(F)(F)C1)c1cc(Cl)sc1Cl. The number of halogens is 4. The van der Waals surface area contributed by atoms with Crippen LogP contribution in [-0.2, 0) is 0 Å². The molecule has 1 aliphatic rings. The van der Waals surface area contributed by atoms with Gasteiger partial charge in [-0.1, -0.05) is 23.2 Å². The number of thiophene rings is 1. The molecule has 0 aliphatic heterocycles. The van der Waals surface area contributed by atoms with Crippen molar-refractivity contribution in [2.75, 3.05) is 7.05 Å². The molecular formula is C12H15Cl2F2NS. The first-order chi connectivity index (χ1) is 8.41. The van der Waals surface area contributed by atoms with E-state index in [9.17, 15) is 8.78 Å². The van der Waals surface area contributed by atoms with E-state index in [1.54, 1.807) is 0 Å². The molecule has 0 bridgehead atoms. The zero-order chi connectivity index (χ0) is 13.3. The Morgan fingerprint density at radius 3 is 2.72 bits per heavy atom. The average Bonchev–Trinajstić information content (AvgIpc) is 2.78. The third kappa shape index (κ3) is 3.35. The number of hydrogen-bond donors (Lipinski definition) is 1. The van der Waals surface area contributed by atoms with Gasteiger partial charge in [-0.3, -0.25) is 0 Å². The fraction of sp³-hybridized carbons (Fsp3) is 0.667. The van der Waals surface area contributed by atoms with Gasteiger partial charge in [0.05, 0.1) is 8.67 Å². The van der Waals surface area contributed by atoms with E-state index < -0.39 is 5.92 Å². The Hall–Kier alpha value is 0.1000. The lowest BCUT2D eigenvalue weighted by atomic mass is 9.95. The maximum absolute atomic E-state index is 13.2. The largest absolute Gasteiger partial charge is 0.313 e. The summed E-state index contributed by atoms with van der Waals surface area (Å²) in [6, 6.07) is 1.82. The standard InChI is InChI=1S/C12H15Cl2F2NS/c1-17-9(8-5-10(13)18-11(8)14)4-7-2-3-12(15,16)6-7/h5,7,9,17H,2-4,6H2,1H3. The van der Waals surface area contributed by atoms with Crippen LogP contribution >= 0.6 is 34.5 Å². The molecule has 1 aliphatic carbocycles. The van der Waals surface area contributed by atoms with Crippen molar-refractivity contribution >= 4 is 34.5 Å². The van der Waals surface area contributed by atoms with Crippen LogP contribution in [0.25, 0.3) is 0 Å². The van der Waals surface area contributed by atoms with Gasteiger partial charge in [-0.05, 0) is 31.9 Å². The van der Waals surface area contributed by atoms with Gasteiger partial charge in [0, 0.05) is 24.4 Å². The van der Waals surface area contributed by atoms with E-state index >= 15 is 0 Å². The molecule has 2 atom stereocenters. The van der Waals surface area contributed by atoms with Crippen LogP contribution in [0, 0.1) is 5.92 Å². The monoisotopic (exact) mass is 313 g/mol. The molecular weight excluding hydrogens is 299 g/mol. The van der Waals surface area contributed by atoms with E-state index in [0.717, 1.165) is 5.56 Å². The number of nitrogens with one attached hydrogen (secondary N) is 1. The Morgan fingerprint density at radius 1 is 1.56 bits per heavy atom. The van der Waals surface area contributed by atoms with Crippen molar-refractivity contribution in [2.24, 2.45) is 5.92 Å². The van der Waals surface area contributed by atoms with E-state index in [2.05, 4.69) is 5.32 Å². The minimum absolute atomic E-state index is 0.000139. The Kier molecular flexibility index (Phi) is 4.52. The lowest BCUT2D eigenvalue weighted by Crippen LogP contribution is -2.19. The van der Waals surface area contributed by atoms with E-state index in [-0.39, 0.29) is 24.8 Å². The average molecular weight is 314 g/mol. The van der Waals surface area contributed by atoms with Crippen LogP contribution < -0.4 is 5.32 Å². The zero-order valence-corrected chi connectivity index (χ0v) is 12.3. The zero-order valence-electron chi connectivity index (χ0n) is 9.98. The normalized spacial score (nSPS) is 24.4. The van der Waals surface area contributed by atoms with Gasteiger partial charge in [-0.2, -0.15) is 0 Å². The molecule has 0 aromatic carbocycles. The van der Waals surface area contributed by atoms with E-state index in [1.807, 2.05) is 13.1 Å². The first-order valence-corrected chi connectivity index (χ1v) is 7.48. The molecule has 102 valence electrons. The highest BCUT2D eigenvalue weighted by Crippen LogP contribution is 2.44. The summed E-state index contributed by atoms with van der Waals surface area (Å²) in [4.78, 5) is 0. The van der Waals surface area contributed by atoms with E-state index in [4.69, 9.17) is 23.2 Å². The van der Waals surface area contributed by atoms with Crippen LogP contribution in [0.4, 0.5) is 8.78 Å². The summed E-state index contributed by atoms with van der Waals surface area (Å²) < 4.78 is 27.6. The molecule has 0 radical (unpaired) electrons. The third-order valence-electron chi connectivity index (χ3n) is 3.48. The fourth-order valence-corrected chi connectivity index (χ4v) is 4.15. The van der Waals surface area contributed by atoms with Crippen LogP contribution in [0.15, 0.2) is 6.07 Å². The van der Waals surface area contributed by atoms with E-state index in [0.29, 0.717) is 21.5 Å². The lowest BCUT2D eigenvalue weighted by Gasteiger charge is -2.20. The molecule has 1 aromatic rings. The van der Waals surface area contributed by atoms with Crippen molar-refractivity contribution in [3.8, 4) is 0 Å². The van der Waals surface area contributed by atoms with Crippen LogP contribution in [-0.4, -0.2) is 13.0 Å². The molecule has 0 spiro atoms. The Morgan fingerprint density at radius 2 is 2.28 bits per heavy atom. The summed E-state index contributed by atoms with van der Waals surface area (Å²) in [5.74, 6) is -2.44. The van der Waals surface area contributed by atoms with Crippen molar-refractivity contribution in [3.63, 3.8) is 0 Å². The van der Waals surface area contributed by atoms with Gasteiger partial charge in [0.25, 0.3) is 0 Å². The van der Waals surface area contributed by atoms with Gasteiger partial charge in [0.1, 0.15) is 0 Å². The maximum Gasteiger partial charge on any atom is 0.248 e. The van der Waals surface area contributed by atoms with E-state index in [1.165, 1.54) is 11.3 Å². The summed E-state index contributed by atoms with van der Waals surface area (Å²) in [7, 11) is 1.82. The molecule has 1 nitrogen and oxygen atoms in total. The Balaban J connectivity index is 2.04. The summed E-state index contributed by atoms with van der Waals surface area (Å²) in [6.45, 7) is 0. The van der Waals surface area contributed by atoms with Crippen molar-refractivity contribution < 1.29 is 8.78 Å².